The van der Waals surface area contributed by atoms with Gasteiger partial charge in [0.15, 0.2) is 0 Å². The number of hydrogen-bond acceptors (Lipinski definition) is 7. The minimum atomic E-state index is -3.41. The molecule has 0 aliphatic rings. The fourth-order valence-electron chi connectivity index (χ4n) is 1.64. The first kappa shape index (κ1) is 20.5. The van der Waals surface area contributed by atoms with Gasteiger partial charge in [0, 0.05) is 25.1 Å². The number of aromatic nitrogens is 2. The first-order chi connectivity index (χ1) is 11.8. The Balaban J connectivity index is 2.17. The number of amides is 1. The van der Waals surface area contributed by atoms with Crippen molar-refractivity contribution in [3.8, 4) is 11.8 Å². The molecule has 25 heavy (non-hydrogen) atoms. The van der Waals surface area contributed by atoms with Gasteiger partial charge in [0.05, 0.1) is 12.1 Å². The monoisotopic (exact) mass is 368 g/mol. The molecule has 0 aliphatic carbocycles. The van der Waals surface area contributed by atoms with Crippen molar-refractivity contribution in [1.82, 2.24) is 20.6 Å². The molecule has 0 unspecified atom stereocenters. The third-order valence-corrected chi connectivity index (χ3v) is 3.69. The molecule has 0 saturated carbocycles. The smallest absolute Gasteiger partial charge is 0.322 e. The van der Waals surface area contributed by atoms with Crippen LogP contribution in [-0.2, 0) is 19.4 Å². The highest BCUT2D eigenvalue weighted by Gasteiger charge is 2.09. The predicted octanol–water partition coefficient (Wildman–Crippen LogP) is -0.808. The highest BCUT2D eigenvalue weighted by molar-refractivity contribution is 7.90. The molecule has 0 aliphatic heterocycles. The minimum absolute atomic E-state index is 0.0724. The van der Waals surface area contributed by atoms with Gasteiger partial charge in [-0.2, -0.15) is 0 Å². The molecule has 1 heterocycles. The number of nitrogens with zero attached hydrogens (tertiary/aromatic N) is 2. The third kappa shape index (κ3) is 9.39. The maximum Gasteiger partial charge on any atom is 0.322 e. The van der Waals surface area contributed by atoms with E-state index in [2.05, 4.69) is 32.4 Å². The van der Waals surface area contributed by atoms with Gasteiger partial charge in [-0.3, -0.25) is 9.59 Å². The number of sulfone groups is 1. The van der Waals surface area contributed by atoms with Crippen LogP contribution in [0.15, 0.2) is 17.6 Å². The van der Waals surface area contributed by atoms with Crippen LogP contribution in [0.25, 0.3) is 0 Å². The SMILES string of the molecule is CS(=O)(=O)c1ncc(C#CCCCCNCC(=O)NCC(=O)O)cn1. The quantitative estimate of drug-likeness (QED) is 0.292. The molecule has 1 amide bonds. The van der Waals surface area contributed by atoms with Crippen LogP contribution in [-0.4, -0.2) is 61.3 Å². The lowest BCUT2D eigenvalue weighted by atomic mass is 10.2. The van der Waals surface area contributed by atoms with Gasteiger partial charge < -0.3 is 15.7 Å². The molecule has 0 atom stereocenters. The van der Waals surface area contributed by atoms with Crippen LogP contribution in [0.1, 0.15) is 24.8 Å². The summed E-state index contributed by atoms with van der Waals surface area (Å²) in [5.74, 6) is 4.35. The number of carbonyl (C=O) groups excluding carboxylic acids is 1. The van der Waals surface area contributed by atoms with Crippen LogP contribution in [0.4, 0.5) is 0 Å². The topological polar surface area (TPSA) is 138 Å². The molecule has 136 valence electrons. The number of carbonyl (C=O) groups is 2. The van der Waals surface area contributed by atoms with Crippen LogP contribution < -0.4 is 10.6 Å². The Bertz CT molecular complexity index is 750. The van der Waals surface area contributed by atoms with Crippen molar-refractivity contribution < 1.29 is 23.1 Å². The van der Waals surface area contributed by atoms with Crippen molar-refractivity contribution in [3.63, 3.8) is 0 Å². The third-order valence-electron chi connectivity index (χ3n) is 2.82. The number of carboxylic acids is 1. The van der Waals surface area contributed by atoms with Crippen LogP contribution in [0, 0.1) is 11.8 Å². The number of hydrogen-bond donors (Lipinski definition) is 3. The summed E-state index contributed by atoms with van der Waals surface area (Å²) in [5.41, 5.74) is 0.542. The predicted molar refractivity (Wildman–Crippen MR) is 89.4 cm³/mol. The Hall–Kier alpha value is -2.51. The molecule has 1 aromatic rings. The Labute approximate surface area is 146 Å². The molecule has 9 nitrogen and oxygen atoms in total. The summed E-state index contributed by atoms with van der Waals surface area (Å²) in [6.07, 6.45) is 6.04. The summed E-state index contributed by atoms with van der Waals surface area (Å²) in [6, 6.07) is 0. The first-order valence-electron chi connectivity index (χ1n) is 7.49. The number of rotatable bonds is 9. The molecule has 1 rings (SSSR count). The van der Waals surface area contributed by atoms with E-state index in [9.17, 15) is 18.0 Å². The summed E-state index contributed by atoms with van der Waals surface area (Å²) in [7, 11) is -3.41. The zero-order valence-corrected chi connectivity index (χ0v) is 14.6. The summed E-state index contributed by atoms with van der Waals surface area (Å²) >= 11 is 0. The maximum absolute atomic E-state index is 11.2. The lowest BCUT2D eigenvalue weighted by Gasteiger charge is -2.04. The number of unbranched alkanes of at least 4 members (excludes halogenated alkanes) is 2. The van der Waals surface area contributed by atoms with Crippen LogP contribution >= 0.6 is 0 Å². The van der Waals surface area contributed by atoms with Gasteiger partial charge in [-0.25, -0.2) is 18.4 Å². The second-order valence-corrected chi connectivity index (χ2v) is 7.04. The number of aliphatic carboxylic acids is 1. The standard InChI is InChI=1S/C15H20N4O5S/c1-25(23,24)15-18-8-12(9-19-15)6-4-2-3-5-7-16-10-13(20)17-11-14(21)22/h8-9,16H,2-3,5,7,10-11H2,1H3,(H,17,20)(H,21,22). The fourth-order valence-corrected chi connectivity index (χ4v) is 2.13. The van der Waals surface area contributed by atoms with Crippen LogP contribution in [0.2, 0.25) is 0 Å². The van der Waals surface area contributed by atoms with Gasteiger partial charge in [0.2, 0.25) is 20.9 Å². The van der Waals surface area contributed by atoms with Gasteiger partial charge in [0.25, 0.3) is 0 Å². The van der Waals surface area contributed by atoms with E-state index in [4.69, 9.17) is 5.11 Å². The molecule has 0 radical (unpaired) electrons. The van der Waals surface area contributed by atoms with E-state index in [1.807, 2.05) is 0 Å². The highest BCUT2D eigenvalue weighted by Crippen LogP contribution is 2.01. The van der Waals surface area contributed by atoms with E-state index in [0.717, 1.165) is 19.1 Å². The van der Waals surface area contributed by atoms with E-state index in [1.165, 1.54) is 12.4 Å². The van der Waals surface area contributed by atoms with Crippen molar-refractivity contribution in [2.24, 2.45) is 0 Å². The molecule has 0 bridgehead atoms. The van der Waals surface area contributed by atoms with E-state index in [0.29, 0.717) is 18.5 Å². The average Bonchev–Trinajstić information content (AvgIpc) is 2.55. The van der Waals surface area contributed by atoms with Gasteiger partial charge in [0.1, 0.15) is 6.54 Å². The van der Waals surface area contributed by atoms with Crippen molar-refractivity contribution in [2.45, 2.75) is 24.4 Å². The van der Waals surface area contributed by atoms with Gasteiger partial charge in [-0.15, -0.1) is 0 Å². The van der Waals surface area contributed by atoms with Gasteiger partial charge in [-0.1, -0.05) is 11.8 Å². The minimum Gasteiger partial charge on any atom is -0.480 e. The molecule has 3 N–H and O–H groups in total. The maximum atomic E-state index is 11.2. The molecule has 10 heteroatoms. The second kappa shape index (κ2) is 10.4. The van der Waals surface area contributed by atoms with E-state index in [-0.39, 0.29) is 24.2 Å². The van der Waals surface area contributed by atoms with Gasteiger partial charge >= 0.3 is 5.97 Å². The summed E-state index contributed by atoms with van der Waals surface area (Å²) in [4.78, 5) is 29.0. The zero-order valence-electron chi connectivity index (χ0n) is 13.8. The van der Waals surface area contributed by atoms with E-state index in [1.54, 1.807) is 0 Å². The summed E-state index contributed by atoms with van der Waals surface area (Å²) in [6.45, 7) is 0.308. The molecule has 0 aromatic carbocycles. The molecule has 0 fully saturated rings. The Morgan fingerprint density at radius 3 is 2.48 bits per heavy atom. The van der Waals surface area contributed by atoms with Crippen molar-refractivity contribution in [2.75, 3.05) is 25.9 Å². The Morgan fingerprint density at radius 2 is 1.88 bits per heavy atom. The molecular weight excluding hydrogens is 348 g/mol. The Kier molecular flexibility index (Phi) is 8.52. The van der Waals surface area contributed by atoms with Crippen molar-refractivity contribution >= 4 is 21.7 Å². The van der Waals surface area contributed by atoms with E-state index >= 15 is 0 Å². The van der Waals surface area contributed by atoms with Crippen LogP contribution in [0.5, 0.6) is 0 Å². The molecule has 0 spiro atoms. The normalized spacial score (nSPS) is 10.6. The number of carboxylic acid groups (broad SMARTS) is 1. The largest absolute Gasteiger partial charge is 0.480 e. The van der Waals surface area contributed by atoms with Crippen LogP contribution in [0.3, 0.4) is 0 Å². The average molecular weight is 368 g/mol. The number of nitrogens with one attached hydrogen (secondary N) is 2. The highest BCUT2D eigenvalue weighted by atomic mass is 32.2. The van der Waals surface area contributed by atoms with Gasteiger partial charge in [-0.05, 0) is 19.4 Å². The van der Waals surface area contributed by atoms with Crippen molar-refractivity contribution in [1.29, 1.82) is 0 Å². The first-order valence-corrected chi connectivity index (χ1v) is 9.38. The zero-order chi connectivity index (χ0) is 18.7. The van der Waals surface area contributed by atoms with E-state index < -0.39 is 15.8 Å². The molecule has 1 aromatic heterocycles. The van der Waals surface area contributed by atoms with Crippen molar-refractivity contribution in [3.05, 3.63) is 18.0 Å². The Morgan fingerprint density at radius 1 is 1.20 bits per heavy atom. The lowest BCUT2D eigenvalue weighted by molar-refractivity contribution is -0.137. The molecular formula is C15H20N4O5S. The molecule has 0 saturated heterocycles. The second-order valence-electron chi connectivity index (χ2n) is 5.13. The summed E-state index contributed by atoms with van der Waals surface area (Å²) < 4.78 is 22.4. The lowest BCUT2D eigenvalue weighted by Crippen LogP contribution is -2.37. The summed E-state index contributed by atoms with van der Waals surface area (Å²) in [5, 5.41) is 13.3. The fraction of sp³-hybridized carbons (Fsp3) is 0.467.